The fraction of sp³-hybridized carbons (Fsp3) is 0.227. The van der Waals surface area contributed by atoms with E-state index in [1.165, 1.54) is 0 Å². The van der Waals surface area contributed by atoms with E-state index in [1.54, 1.807) is 4.57 Å². The van der Waals surface area contributed by atoms with Gasteiger partial charge in [0.15, 0.2) is 0 Å². The third kappa shape index (κ3) is 3.59. The van der Waals surface area contributed by atoms with E-state index < -0.39 is 5.91 Å². The van der Waals surface area contributed by atoms with Crippen molar-refractivity contribution in [1.82, 2.24) is 9.88 Å². The smallest absolute Gasteiger partial charge is 0.267 e. The summed E-state index contributed by atoms with van der Waals surface area (Å²) in [6.45, 7) is 1.90. The van der Waals surface area contributed by atoms with Crippen molar-refractivity contribution in [2.24, 2.45) is 5.73 Å². The number of nitrogen functional groups attached to an aromatic ring is 1. The molecule has 2 aromatic carbocycles. The van der Waals surface area contributed by atoms with Crippen molar-refractivity contribution in [3.8, 4) is 17.2 Å². The van der Waals surface area contributed by atoms with Crippen LogP contribution in [0.25, 0.3) is 5.69 Å². The number of nitrogens with two attached hydrogens (primary N) is 2. The number of carbonyl (C=O) groups excluding carboxylic acids is 1. The summed E-state index contributed by atoms with van der Waals surface area (Å²) in [4.78, 5) is 12.1. The van der Waals surface area contributed by atoms with Crippen molar-refractivity contribution in [2.75, 3.05) is 18.8 Å². The van der Waals surface area contributed by atoms with Gasteiger partial charge < -0.3 is 26.1 Å². The van der Waals surface area contributed by atoms with Crippen LogP contribution in [0.2, 0.25) is 0 Å². The van der Waals surface area contributed by atoms with E-state index >= 15 is 0 Å². The van der Waals surface area contributed by atoms with Gasteiger partial charge in [0.2, 0.25) is 0 Å². The number of nitrogens with one attached hydrogen (secondary N) is 1. The van der Waals surface area contributed by atoms with Crippen LogP contribution in [0.15, 0.2) is 60.8 Å². The molecule has 0 unspecified atom stereocenters. The molecule has 0 radical (unpaired) electrons. The van der Waals surface area contributed by atoms with Crippen molar-refractivity contribution in [2.45, 2.75) is 18.8 Å². The number of rotatable bonds is 5. The second-order valence-electron chi connectivity index (χ2n) is 7.01. The molecule has 5 N–H and O–H groups in total. The molecule has 0 aliphatic carbocycles. The number of anilines is 1. The van der Waals surface area contributed by atoms with E-state index in [4.69, 9.17) is 16.2 Å². The quantitative estimate of drug-likeness (QED) is 0.636. The molecule has 6 nitrogen and oxygen atoms in total. The Kier molecular flexibility index (Phi) is 5.04. The summed E-state index contributed by atoms with van der Waals surface area (Å²) >= 11 is 0. The monoisotopic (exact) mass is 376 g/mol. The van der Waals surface area contributed by atoms with Gasteiger partial charge in [0.1, 0.15) is 17.2 Å². The lowest BCUT2D eigenvalue weighted by Gasteiger charge is -2.22. The number of nitrogens with zero attached hydrogens (tertiary/aromatic N) is 1. The SMILES string of the molecule is NC(=O)c1c(N)c(C2CCNCC2)cn1-c1ccc(Oc2ccccc2)cc1. The number of ether oxygens (including phenoxy) is 1. The Morgan fingerprint density at radius 3 is 2.29 bits per heavy atom. The minimum atomic E-state index is -0.526. The van der Waals surface area contributed by atoms with Gasteiger partial charge in [-0.3, -0.25) is 4.79 Å². The van der Waals surface area contributed by atoms with Gasteiger partial charge in [-0.25, -0.2) is 0 Å². The molecule has 1 aliphatic heterocycles. The zero-order chi connectivity index (χ0) is 19.5. The van der Waals surface area contributed by atoms with Crippen molar-refractivity contribution >= 4 is 11.6 Å². The molecule has 1 aliphatic rings. The molecule has 2 heterocycles. The standard InChI is InChI=1S/C22H24N4O2/c23-20-19(15-10-12-25-13-11-15)14-26(21(20)22(24)27)16-6-8-18(9-7-16)28-17-4-2-1-3-5-17/h1-9,14-15,25H,10-13,23H2,(H2,24,27). The second-order valence-corrected chi connectivity index (χ2v) is 7.01. The number of primary amides is 1. The van der Waals surface area contributed by atoms with Gasteiger partial charge in [-0.1, -0.05) is 18.2 Å². The Bertz CT molecular complexity index is 958. The number of amides is 1. The highest BCUT2D eigenvalue weighted by atomic mass is 16.5. The van der Waals surface area contributed by atoms with Gasteiger partial charge in [0.25, 0.3) is 5.91 Å². The molecule has 0 atom stereocenters. The van der Waals surface area contributed by atoms with E-state index in [0.717, 1.165) is 42.9 Å². The first-order chi connectivity index (χ1) is 13.6. The van der Waals surface area contributed by atoms with Crippen molar-refractivity contribution in [3.63, 3.8) is 0 Å². The molecule has 144 valence electrons. The van der Waals surface area contributed by atoms with Crippen LogP contribution in [0.3, 0.4) is 0 Å². The first-order valence-corrected chi connectivity index (χ1v) is 9.48. The van der Waals surface area contributed by atoms with Gasteiger partial charge in [-0.15, -0.1) is 0 Å². The van der Waals surface area contributed by atoms with Gasteiger partial charge in [-0.05, 0) is 73.8 Å². The maximum Gasteiger partial charge on any atom is 0.267 e. The summed E-state index contributed by atoms with van der Waals surface area (Å²) in [5, 5.41) is 3.35. The lowest BCUT2D eigenvalue weighted by atomic mass is 9.91. The van der Waals surface area contributed by atoms with Gasteiger partial charge in [0, 0.05) is 11.9 Å². The molecule has 4 rings (SSSR count). The predicted octanol–water partition coefficient (Wildman–Crippen LogP) is 3.42. The Balaban J connectivity index is 1.65. The third-order valence-electron chi connectivity index (χ3n) is 5.18. The van der Waals surface area contributed by atoms with Crippen LogP contribution < -0.4 is 21.5 Å². The normalized spacial score (nSPS) is 14.7. The largest absolute Gasteiger partial charge is 0.457 e. The van der Waals surface area contributed by atoms with Crippen LogP contribution in [0, 0.1) is 0 Å². The first kappa shape index (κ1) is 18.1. The number of benzene rings is 2. The Morgan fingerprint density at radius 1 is 1.00 bits per heavy atom. The van der Waals surface area contributed by atoms with Crippen LogP contribution in [0.5, 0.6) is 11.5 Å². The van der Waals surface area contributed by atoms with Crippen LogP contribution in [0.1, 0.15) is 34.8 Å². The Labute approximate surface area is 164 Å². The lowest BCUT2D eigenvalue weighted by Crippen LogP contribution is -2.26. The topological polar surface area (TPSA) is 95.3 Å². The molecule has 1 amide bonds. The minimum absolute atomic E-state index is 0.335. The second kappa shape index (κ2) is 7.78. The Morgan fingerprint density at radius 2 is 1.64 bits per heavy atom. The molecule has 0 spiro atoms. The summed E-state index contributed by atoms with van der Waals surface area (Å²) < 4.78 is 7.63. The maximum atomic E-state index is 12.1. The number of para-hydroxylation sites is 1. The zero-order valence-corrected chi connectivity index (χ0v) is 15.6. The lowest BCUT2D eigenvalue weighted by molar-refractivity contribution is 0.0995. The van der Waals surface area contributed by atoms with E-state index in [9.17, 15) is 4.79 Å². The third-order valence-corrected chi connectivity index (χ3v) is 5.18. The molecule has 1 saturated heterocycles. The summed E-state index contributed by atoms with van der Waals surface area (Å²) in [7, 11) is 0. The Hall–Kier alpha value is -3.25. The van der Waals surface area contributed by atoms with Gasteiger partial charge in [0.05, 0.1) is 5.69 Å². The highest BCUT2D eigenvalue weighted by molar-refractivity contribution is 5.98. The molecular formula is C22H24N4O2. The maximum absolute atomic E-state index is 12.1. The minimum Gasteiger partial charge on any atom is -0.457 e. The summed E-state index contributed by atoms with van der Waals surface area (Å²) in [5.41, 5.74) is 14.6. The molecule has 6 heteroatoms. The first-order valence-electron chi connectivity index (χ1n) is 9.48. The summed E-state index contributed by atoms with van der Waals surface area (Å²) in [5.74, 6) is 1.30. The molecular weight excluding hydrogens is 352 g/mol. The number of hydrogen-bond acceptors (Lipinski definition) is 4. The molecule has 1 fully saturated rings. The molecule has 0 saturated carbocycles. The average Bonchev–Trinajstić information content (AvgIpc) is 3.07. The van der Waals surface area contributed by atoms with Crippen molar-refractivity contribution in [3.05, 3.63) is 72.1 Å². The van der Waals surface area contributed by atoms with Gasteiger partial charge >= 0.3 is 0 Å². The van der Waals surface area contributed by atoms with Crippen molar-refractivity contribution < 1.29 is 9.53 Å². The highest BCUT2D eigenvalue weighted by Crippen LogP contribution is 2.35. The van der Waals surface area contributed by atoms with Crippen LogP contribution in [-0.4, -0.2) is 23.6 Å². The van der Waals surface area contributed by atoms with E-state index in [0.29, 0.717) is 23.0 Å². The van der Waals surface area contributed by atoms with Crippen LogP contribution >= 0.6 is 0 Å². The fourth-order valence-corrected chi connectivity index (χ4v) is 3.75. The number of carbonyl (C=O) groups is 1. The average molecular weight is 376 g/mol. The number of aromatic nitrogens is 1. The van der Waals surface area contributed by atoms with Gasteiger partial charge in [-0.2, -0.15) is 0 Å². The van der Waals surface area contributed by atoms with Crippen molar-refractivity contribution in [1.29, 1.82) is 0 Å². The van der Waals surface area contributed by atoms with Crippen LogP contribution in [-0.2, 0) is 0 Å². The summed E-state index contributed by atoms with van der Waals surface area (Å²) in [6.07, 6.45) is 3.95. The number of hydrogen-bond donors (Lipinski definition) is 3. The highest BCUT2D eigenvalue weighted by Gasteiger charge is 2.25. The molecule has 28 heavy (non-hydrogen) atoms. The molecule has 3 aromatic rings. The van der Waals surface area contributed by atoms with Crippen LogP contribution in [0.4, 0.5) is 5.69 Å². The van der Waals surface area contributed by atoms with E-state index in [1.807, 2.05) is 60.8 Å². The predicted molar refractivity (Wildman–Crippen MR) is 110 cm³/mol. The van der Waals surface area contributed by atoms with E-state index in [-0.39, 0.29) is 0 Å². The van der Waals surface area contributed by atoms with E-state index in [2.05, 4.69) is 5.32 Å². The summed E-state index contributed by atoms with van der Waals surface area (Å²) in [6, 6.07) is 17.1. The number of piperidine rings is 1. The zero-order valence-electron chi connectivity index (χ0n) is 15.6. The molecule has 0 bridgehead atoms. The fourth-order valence-electron chi connectivity index (χ4n) is 3.75. The molecule has 1 aromatic heterocycles.